The Bertz CT molecular complexity index is 1040. The van der Waals surface area contributed by atoms with Crippen molar-refractivity contribution in [1.29, 1.82) is 0 Å². The van der Waals surface area contributed by atoms with Gasteiger partial charge in [0.05, 0.1) is 5.56 Å². The standard InChI is InChI=1S/C25H23F3N2OS/c26-25(27,28)20-10-7-11-21(18-20)29-14-16-30(17-15-29)24(31)23(19-8-3-1-4-9-19)32-22-12-5-2-6-13-22/h1-13,18,23H,14-17H2/t23-/m0/s1. The molecule has 7 heteroatoms. The minimum absolute atomic E-state index is 0.0220. The van der Waals surface area contributed by atoms with Crippen LogP contribution in [-0.4, -0.2) is 37.0 Å². The van der Waals surface area contributed by atoms with Crippen LogP contribution >= 0.6 is 11.8 Å². The quantitative estimate of drug-likeness (QED) is 0.448. The van der Waals surface area contributed by atoms with Crippen LogP contribution < -0.4 is 4.90 Å². The normalized spacial score (nSPS) is 15.5. The Kier molecular flexibility index (Phi) is 6.74. The zero-order chi connectivity index (χ0) is 22.6. The van der Waals surface area contributed by atoms with E-state index in [-0.39, 0.29) is 11.2 Å². The van der Waals surface area contributed by atoms with Gasteiger partial charge in [-0.15, -0.1) is 11.8 Å². The summed E-state index contributed by atoms with van der Waals surface area (Å²) in [6, 6.07) is 24.9. The number of nitrogens with zero attached hydrogens (tertiary/aromatic N) is 2. The van der Waals surface area contributed by atoms with E-state index < -0.39 is 11.7 Å². The van der Waals surface area contributed by atoms with Crippen LogP contribution in [0.25, 0.3) is 0 Å². The fourth-order valence-electron chi connectivity index (χ4n) is 3.75. The van der Waals surface area contributed by atoms with Crippen molar-refractivity contribution in [2.24, 2.45) is 0 Å². The summed E-state index contributed by atoms with van der Waals surface area (Å²) in [5.74, 6) is 0.0220. The van der Waals surface area contributed by atoms with E-state index in [2.05, 4.69) is 0 Å². The van der Waals surface area contributed by atoms with Crippen molar-refractivity contribution in [3.63, 3.8) is 0 Å². The molecule has 1 amide bonds. The van der Waals surface area contributed by atoms with Crippen LogP contribution in [0.4, 0.5) is 18.9 Å². The van der Waals surface area contributed by atoms with Crippen molar-refractivity contribution in [3.05, 3.63) is 96.1 Å². The second-order valence-corrected chi connectivity index (χ2v) is 8.76. The first-order chi connectivity index (χ1) is 15.4. The van der Waals surface area contributed by atoms with E-state index in [1.807, 2.05) is 70.5 Å². The highest BCUT2D eigenvalue weighted by Gasteiger charge is 2.32. The lowest BCUT2D eigenvalue weighted by Crippen LogP contribution is -2.49. The summed E-state index contributed by atoms with van der Waals surface area (Å²) in [6.45, 7) is 1.91. The predicted octanol–water partition coefficient (Wildman–Crippen LogP) is 5.89. The van der Waals surface area contributed by atoms with Gasteiger partial charge in [-0.1, -0.05) is 54.6 Å². The minimum atomic E-state index is -4.37. The Hall–Kier alpha value is -2.93. The average Bonchev–Trinajstić information content (AvgIpc) is 2.83. The van der Waals surface area contributed by atoms with Crippen LogP contribution in [0.15, 0.2) is 89.8 Å². The number of anilines is 1. The zero-order valence-corrected chi connectivity index (χ0v) is 18.1. The molecule has 0 aliphatic carbocycles. The maximum atomic E-state index is 13.5. The number of halogens is 3. The topological polar surface area (TPSA) is 23.6 Å². The summed E-state index contributed by atoms with van der Waals surface area (Å²) >= 11 is 1.52. The van der Waals surface area contributed by atoms with Crippen LogP contribution in [0, 0.1) is 0 Å². The zero-order valence-electron chi connectivity index (χ0n) is 17.3. The maximum absolute atomic E-state index is 13.5. The van der Waals surface area contributed by atoms with Gasteiger partial charge in [0.2, 0.25) is 5.91 Å². The van der Waals surface area contributed by atoms with E-state index in [1.54, 1.807) is 6.07 Å². The smallest absolute Gasteiger partial charge is 0.368 e. The van der Waals surface area contributed by atoms with E-state index in [4.69, 9.17) is 0 Å². The third-order valence-electron chi connectivity index (χ3n) is 5.45. The first-order valence-corrected chi connectivity index (χ1v) is 11.3. The first-order valence-electron chi connectivity index (χ1n) is 10.4. The van der Waals surface area contributed by atoms with Gasteiger partial charge in [-0.25, -0.2) is 0 Å². The van der Waals surface area contributed by atoms with Gasteiger partial charge in [0.25, 0.3) is 0 Å². The van der Waals surface area contributed by atoms with Crippen LogP contribution in [0.2, 0.25) is 0 Å². The third-order valence-corrected chi connectivity index (χ3v) is 6.71. The largest absolute Gasteiger partial charge is 0.416 e. The summed E-state index contributed by atoms with van der Waals surface area (Å²) in [5.41, 5.74) is 0.814. The van der Waals surface area contributed by atoms with Gasteiger partial charge in [0.1, 0.15) is 5.25 Å². The van der Waals surface area contributed by atoms with Crippen LogP contribution in [0.3, 0.4) is 0 Å². The number of amides is 1. The Morgan fingerprint density at radius 1 is 0.812 bits per heavy atom. The number of hydrogen-bond donors (Lipinski definition) is 0. The van der Waals surface area contributed by atoms with E-state index in [0.29, 0.717) is 31.9 Å². The Morgan fingerprint density at radius 2 is 1.44 bits per heavy atom. The Morgan fingerprint density at radius 3 is 2.06 bits per heavy atom. The number of thioether (sulfide) groups is 1. The molecule has 3 nitrogen and oxygen atoms in total. The summed E-state index contributed by atoms with van der Waals surface area (Å²) in [4.78, 5) is 18.2. The van der Waals surface area contributed by atoms with Gasteiger partial charge in [0, 0.05) is 36.8 Å². The number of hydrogen-bond acceptors (Lipinski definition) is 3. The molecule has 0 saturated carbocycles. The fourth-order valence-corrected chi connectivity index (χ4v) is 4.88. The molecule has 0 radical (unpaired) electrons. The molecule has 4 rings (SSSR count). The number of carbonyl (C=O) groups is 1. The molecule has 1 fully saturated rings. The fraction of sp³-hybridized carbons (Fsp3) is 0.240. The van der Waals surface area contributed by atoms with Crippen molar-refractivity contribution >= 4 is 23.4 Å². The molecular formula is C25H23F3N2OS. The van der Waals surface area contributed by atoms with Gasteiger partial charge >= 0.3 is 6.18 Å². The molecule has 32 heavy (non-hydrogen) atoms. The third kappa shape index (κ3) is 5.27. The van der Waals surface area contributed by atoms with Gasteiger partial charge in [-0.05, 0) is 35.9 Å². The maximum Gasteiger partial charge on any atom is 0.416 e. The molecule has 0 N–H and O–H groups in total. The molecule has 0 unspecified atom stereocenters. The molecule has 3 aromatic rings. The molecule has 1 aliphatic rings. The number of rotatable bonds is 5. The summed E-state index contributed by atoms with van der Waals surface area (Å²) in [5, 5.41) is -0.376. The first kappa shape index (κ1) is 22.3. The molecule has 1 aliphatic heterocycles. The van der Waals surface area contributed by atoms with Gasteiger partial charge in [0.15, 0.2) is 0 Å². The van der Waals surface area contributed by atoms with E-state index in [0.717, 1.165) is 16.5 Å². The number of piperazine rings is 1. The predicted molar refractivity (Wildman–Crippen MR) is 122 cm³/mol. The minimum Gasteiger partial charge on any atom is -0.368 e. The molecule has 0 bridgehead atoms. The number of carbonyl (C=O) groups excluding carboxylic acids is 1. The van der Waals surface area contributed by atoms with Crippen molar-refractivity contribution in [1.82, 2.24) is 4.90 Å². The molecular weight excluding hydrogens is 433 g/mol. The van der Waals surface area contributed by atoms with Crippen LogP contribution in [0.1, 0.15) is 16.4 Å². The Labute approximate surface area is 189 Å². The highest BCUT2D eigenvalue weighted by molar-refractivity contribution is 8.00. The second kappa shape index (κ2) is 9.69. The summed E-state index contributed by atoms with van der Waals surface area (Å²) in [6.07, 6.45) is -4.37. The molecule has 1 atom stereocenters. The summed E-state index contributed by atoms with van der Waals surface area (Å²) < 4.78 is 39.2. The lowest BCUT2D eigenvalue weighted by molar-refractivity contribution is -0.137. The highest BCUT2D eigenvalue weighted by Crippen LogP contribution is 2.37. The van der Waals surface area contributed by atoms with Gasteiger partial charge < -0.3 is 9.80 Å². The number of benzene rings is 3. The van der Waals surface area contributed by atoms with E-state index >= 15 is 0 Å². The highest BCUT2D eigenvalue weighted by atomic mass is 32.2. The van der Waals surface area contributed by atoms with Crippen molar-refractivity contribution in [2.45, 2.75) is 16.3 Å². The summed E-state index contributed by atoms with van der Waals surface area (Å²) in [7, 11) is 0. The lowest BCUT2D eigenvalue weighted by atomic mass is 10.1. The van der Waals surface area contributed by atoms with E-state index in [1.165, 1.54) is 23.9 Å². The van der Waals surface area contributed by atoms with Crippen molar-refractivity contribution < 1.29 is 18.0 Å². The van der Waals surface area contributed by atoms with Crippen LogP contribution in [0.5, 0.6) is 0 Å². The molecule has 1 saturated heterocycles. The van der Waals surface area contributed by atoms with Crippen LogP contribution in [-0.2, 0) is 11.0 Å². The van der Waals surface area contributed by atoms with E-state index in [9.17, 15) is 18.0 Å². The van der Waals surface area contributed by atoms with Crippen molar-refractivity contribution in [3.8, 4) is 0 Å². The monoisotopic (exact) mass is 456 g/mol. The molecule has 3 aromatic carbocycles. The second-order valence-electron chi connectivity index (χ2n) is 7.58. The van der Waals surface area contributed by atoms with Crippen molar-refractivity contribution in [2.75, 3.05) is 31.1 Å². The average molecular weight is 457 g/mol. The van der Waals surface area contributed by atoms with Gasteiger partial charge in [-0.2, -0.15) is 13.2 Å². The molecule has 0 aromatic heterocycles. The SMILES string of the molecule is O=C([C@@H](Sc1ccccc1)c1ccccc1)N1CCN(c2cccc(C(F)(F)F)c2)CC1. The Balaban J connectivity index is 1.47. The molecule has 1 heterocycles. The lowest BCUT2D eigenvalue weighted by Gasteiger charge is -2.37. The number of alkyl halides is 3. The molecule has 166 valence electrons. The van der Waals surface area contributed by atoms with Gasteiger partial charge in [-0.3, -0.25) is 4.79 Å². The molecule has 0 spiro atoms.